The number of nitrogens with zero attached hydrogens (tertiary/aromatic N) is 1. The molecule has 0 radical (unpaired) electrons. The van der Waals surface area contributed by atoms with Crippen molar-refractivity contribution in [2.75, 3.05) is 34.9 Å². The second-order valence-electron chi connectivity index (χ2n) is 6.18. The summed E-state index contributed by atoms with van der Waals surface area (Å²) in [5.41, 5.74) is 1.50. The number of hydrogen-bond donors (Lipinski definition) is 1. The fourth-order valence-corrected chi connectivity index (χ4v) is 3.00. The van der Waals surface area contributed by atoms with Gasteiger partial charge < -0.3 is 19.7 Å². The number of hydrogen-bond acceptors (Lipinski definition) is 4. The molecule has 1 aromatic carbocycles. The zero-order chi connectivity index (χ0) is 15.5. The summed E-state index contributed by atoms with van der Waals surface area (Å²) in [6.07, 6.45) is 3.89. The average Bonchev–Trinajstić information content (AvgIpc) is 2.44. The molecule has 1 fully saturated rings. The third-order valence-corrected chi connectivity index (χ3v) is 4.88. The lowest BCUT2D eigenvalue weighted by molar-refractivity contribution is 0.0575. The van der Waals surface area contributed by atoms with E-state index in [2.05, 4.69) is 37.3 Å². The van der Waals surface area contributed by atoms with E-state index in [0.717, 1.165) is 18.0 Å². The van der Waals surface area contributed by atoms with E-state index in [4.69, 9.17) is 9.47 Å². The van der Waals surface area contributed by atoms with Gasteiger partial charge in [-0.3, -0.25) is 0 Å². The van der Waals surface area contributed by atoms with Crippen molar-refractivity contribution in [3.8, 4) is 11.5 Å². The van der Waals surface area contributed by atoms with Crippen LogP contribution in [0.2, 0.25) is 0 Å². The van der Waals surface area contributed by atoms with Gasteiger partial charge in [-0.15, -0.1) is 0 Å². The highest BCUT2D eigenvalue weighted by atomic mass is 16.5. The first-order chi connectivity index (χ1) is 10.0. The normalized spacial score (nSPS) is 18.2. The molecular weight excluding hydrogens is 264 g/mol. The molecule has 2 rings (SSSR count). The van der Waals surface area contributed by atoms with Crippen molar-refractivity contribution < 1.29 is 9.47 Å². The Morgan fingerprint density at radius 1 is 1.24 bits per heavy atom. The molecular formula is C17H28N2O2. The molecule has 0 spiro atoms. The second kappa shape index (κ2) is 6.67. The minimum Gasteiger partial charge on any atom is -0.497 e. The van der Waals surface area contributed by atoms with E-state index in [1.54, 1.807) is 14.2 Å². The van der Waals surface area contributed by atoms with E-state index in [-0.39, 0.29) is 6.04 Å². The van der Waals surface area contributed by atoms with E-state index in [1.165, 1.54) is 24.8 Å². The van der Waals surface area contributed by atoms with Crippen LogP contribution in [0.3, 0.4) is 0 Å². The van der Waals surface area contributed by atoms with Crippen LogP contribution in [-0.4, -0.2) is 45.3 Å². The summed E-state index contributed by atoms with van der Waals surface area (Å²) in [4.78, 5) is 2.36. The zero-order valence-electron chi connectivity index (χ0n) is 13.9. The Morgan fingerprint density at radius 3 is 2.43 bits per heavy atom. The van der Waals surface area contributed by atoms with Crippen molar-refractivity contribution in [2.45, 2.75) is 37.8 Å². The van der Waals surface area contributed by atoms with Crippen LogP contribution in [0.5, 0.6) is 11.5 Å². The molecule has 21 heavy (non-hydrogen) atoms. The van der Waals surface area contributed by atoms with Crippen LogP contribution in [0.25, 0.3) is 0 Å². The van der Waals surface area contributed by atoms with Crippen LogP contribution in [0, 0.1) is 0 Å². The maximum atomic E-state index is 5.50. The lowest BCUT2D eigenvalue weighted by Crippen LogP contribution is -2.56. The lowest BCUT2D eigenvalue weighted by atomic mass is 9.75. The summed E-state index contributed by atoms with van der Waals surface area (Å²) in [5, 5.41) is 3.67. The van der Waals surface area contributed by atoms with Crippen LogP contribution < -0.4 is 14.8 Å². The quantitative estimate of drug-likeness (QED) is 0.838. The Hall–Kier alpha value is -1.26. The van der Waals surface area contributed by atoms with Crippen LogP contribution >= 0.6 is 0 Å². The molecule has 0 aliphatic heterocycles. The van der Waals surface area contributed by atoms with E-state index >= 15 is 0 Å². The van der Waals surface area contributed by atoms with Crippen molar-refractivity contribution in [1.82, 2.24) is 10.2 Å². The van der Waals surface area contributed by atoms with Gasteiger partial charge in [0.05, 0.1) is 14.2 Å². The third kappa shape index (κ3) is 3.33. The Labute approximate surface area is 128 Å². The zero-order valence-corrected chi connectivity index (χ0v) is 13.9. The van der Waals surface area contributed by atoms with Crippen molar-refractivity contribution in [1.29, 1.82) is 0 Å². The molecule has 1 unspecified atom stereocenters. The minimum absolute atomic E-state index is 0.253. The molecule has 1 aromatic rings. The van der Waals surface area contributed by atoms with Gasteiger partial charge in [0.2, 0.25) is 0 Å². The molecule has 1 atom stereocenters. The molecule has 4 heteroatoms. The molecule has 1 N–H and O–H groups in total. The van der Waals surface area contributed by atoms with Crippen LogP contribution in [-0.2, 0) is 0 Å². The largest absolute Gasteiger partial charge is 0.497 e. The highest BCUT2D eigenvalue weighted by Gasteiger charge is 2.38. The van der Waals surface area contributed by atoms with Gasteiger partial charge in [0.25, 0.3) is 0 Å². The number of nitrogens with one attached hydrogen (secondary N) is 1. The number of rotatable bonds is 7. The second-order valence-corrected chi connectivity index (χ2v) is 6.18. The Kier molecular flexibility index (Phi) is 5.12. The smallest absolute Gasteiger partial charge is 0.127 e. The summed E-state index contributed by atoms with van der Waals surface area (Å²) < 4.78 is 10.8. The average molecular weight is 292 g/mol. The molecule has 1 aliphatic carbocycles. The molecule has 0 saturated heterocycles. The first kappa shape index (κ1) is 16.1. The number of benzene rings is 1. The molecule has 1 aliphatic rings. The van der Waals surface area contributed by atoms with Gasteiger partial charge in [-0.2, -0.15) is 0 Å². The molecule has 0 amide bonds. The summed E-state index contributed by atoms with van der Waals surface area (Å²) in [7, 11) is 7.74. The molecule has 0 aromatic heterocycles. The SMILES string of the molecule is COc1ccc(C(C)NCC2(N(C)C)CCC2)c(OC)c1. The number of methoxy groups -OCH3 is 2. The Bertz CT molecular complexity index is 470. The molecule has 0 bridgehead atoms. The number of likely N-dealkylation sites (N-methyl/N-ethyl adjacent to an activating group) is 1. The lowest BCUT2D eigenvalue weighted by Gasteiger charge is -2.48. The molecule has 0 heterocycles. The maximum absolute atomic E-state index is 5.50. The van der Waals surface area contributed by atoms with Gasteiger partial charge in [-0.25, -0.2) is 0 Å². The summed E-state index contributed by atoms with van der Waals surface area (Å²) in [5.74, 6) is 1.70. The molecule has 4 nitrogen and oxygen atoms in total. The van der Waals surface area contributed by atoms with Gasteiger partial charge in [0, 0.05) is 29.8 Å². The van der Waals surface area contributed by atoms with E-state index in [0.29, 0.717) is 5.54 Å². The monoisotopic (exact) mass is 292 g/mol. The highest BCUT2D eigenvalue weighted by Crippen LogP contribution is 2.36. The van der Waals surface area contributed by atoms with Crippen molar-refractivity contribution in [3.63, 3.8) is 0 Å². The first-order valence-electron chi connectivity index (χ1n) is 7.65. The Morgan fingerprint density at radius 2 is 1.95 bits per heavy atom. The van der Waals surface area contributed by atoms with Crippen LogP contribution in [0.4, 0.5) is 0 Å². The van der Waals surface area contributed by atoms with E-state index in [1.807, 2.05) is 12.1 Å². The Balaban J connectivity index is 2.04. The third-order valence-electron chi connectivity index (χ3n) is 4.88. The van der Waals surface area contributed by atoms with Crippen LogP contribution in [0.15, 0.2) is 18.2 Å². The first-order valence-corrected chi connectivity index (χ1v) is 7.65. The fraction of sp³-hybridized carbons (Fsp3) is 0.647. The number of ether oxygens (including phenoxy) is 2. The summed E-state index contributed by atoms with van der Waals surface area (Å²) in [6, 6.07) is 6.27. The van der Waals surface area contributed by atoms with Gasteiger partial charge in [-0.1, -0.05) is 6.07 Å². The fourth-order valence-electron chi connectivity index (χ4n) is 3.00. The molecule has 1 saturated carbocycles. The topological polar surface area (TPSA) is 33.7 Å². The maximum Gasteiger partial charge on any atom is 0.127 e. The summed E-state index contributed by atoms with van der Waals surface area (Å²) >= 11 is 0. The molecule has 118 valence electrons. The van der Waals surface area contributed by atoms with Gasteiger partial charge in [-0.05, 0) is 46.3 Å². The van der Waals surface area contributed by atoms with E-state index < -0.39 is 0 Å². The highest BCUT2D eigenvalue weighted by molar-refractivity contribution is 5.42. The van der Waals surface area contributed by atoms with Gasteiger partial charge >= 0.3 is 0 Å². The predicted molar refractivity (Wildman–Crippen MR) is 86.2 cm³/mol. The van der Waals surface area contributed by atoms with Gasteiger partial charge in [0.15, 0.2) is 0 Å². The predicted octanol–water partition coefficient (Wildman–Crippen LogP) is 2.84. The van der Waals surface area contributed by atoms with E-state index in [9.17, 15) is 0 Å². The summed E-state index contributed by atoms with van der Waals surface area (Å²) in [6.45, 7) is 3.20. The van der Waals surface area contributed by atoms with Crippen molar-refractivity contribution >= 4 is 0 Å². The van der Waals surface area contributed by atoms with Gasteiger partial charge in [0.1, 0.15) is 11.5 Å². The standard InChI is InChI=1S/C17H28N2O2/c1-13(18-12-17(19(2)3)9-6-10-17)15-8-7-14(20-4)11-16(15)21-5/h7-8,11,13,18H,6,9-10,12H2,1-5H3. The van der Waals surface area contributed by atoms with Crippen molar-refractivity contribution in [3.05, 3.63) is 23.8 Å². The van der Waals surface area contributed by atoms with Crippen molar-refractivity contribution in [2.24, 2.45) is 0 Å². The van der Waals surface area contributed by atoms with Crippen LogP contribution in [0.1, 0.15) is 37.8 Å². The minimum atomic E-state index is 0.253.